The number of carbonyl (C=O) groups excluding carboxylic acids is 1. The highest BCUT2D eigenvalue weighted by Crippen LogP contribution is 2.21. The number of nitrogens with one attached hydrogen (secondary N) is 1. The molecule has 1 atom stereocenters. The molecule has 1 N–H and O–H groups in total. The molecule has 0 aliphatic heterocycles. The second-order valence-corrected chi connectivity index (χ2v) is 5.93. The summed E-state index contributed by atoms with van der Waals surface area (Å²) in [6, 6.07) is 13.7. The van der Waals surface area contributed by atoms with Crippen LogP contribution in [0.1, 0.15) is 15.3 Å². The van der Waals surface area contributed by atoms with E-state index in [1.165, 1.54) is 10.4 Å². The molecule has 4 heteroatoms. The first-order chi connectivity index (χ1) is 9.19. The van der Waals surface area contributed by atoms with Crippen LogP contribution in [0.25, 0.3) is 0 Å². The molecule has 2 aromatic rings. The molecule has 2 rings (SSSR count). The van der Waals surface area contributed by atoms with Gasteiger partial charge in [-0.25, -0.2) is 0 Å². The van der Waals surface area contributed by atoms with Gasteiger partial charge in [-0.1, -0.05) is 30.3 Å². The first-order valence-corrected chi connectivity index (χ1v) is 7.00. The Hall–Kier alpha value is -1.68. The summed E-state index contributed by atoms with van der Waals surface area (Å²) in [6.07, 6.45) is 1.12. The smallest absolute Gasteiger partial charge is 0.251 e. The molecule has 1 heterocycles. The van der Waals surface area contributed by atoms with Crippen LogP contribution in [0.5, 0.6) is 0 Å². The van der Waals surface area contributed by atoms with Gasteiger partial charge in [0.2, 0.25) is 0 Å². The van der Waals surface area contributed by atoms with Crippen LogP contribution in [0.2, 0.25) is 0 Å². The average Bonchev–Trinajstić information content (AvgIpc) is 2.84. The van der Waals surface area contributed by atoms with Crippen LogP contribution >= 0.6 is 11.3 Å². The lowest BCUT2D eigenvalue weighted by atomic mass is 9.95. The molecule has 0 saturated carbocycles. The van der Waals surface area contributed by atoms with Gasteiger partial charge in [0.05, 0.1) is 0 Å². The molecule has 0 fully saturated rings. The summed E-state index contributed by atoms with van der Waals surface area (Å²) in [7, 11) is 0. The van der Waals surface area contributed by atoms with E-state index in [1.807, 2.05) is 49.4 Å². The Morgan fingerprint density at radius 2 is 1.95 bits per heavy atom. The first-order valence-electron chi connectivity index (χ1n) is 6.19. The fourth-order valence-electron chi connectivity index (χ4n) is 2.07. The summed E-state index contributed by atoms with van der Waals surface area (Å²) in [5.41, 5.74) is 2.32. The molecule has 1 aromatic heterocycles. The standard InChI is InChI=1S/C15H16FNOS/c1-11-7-8-14(19-11)10-13(15(18)17-16)9-12-5-3-2-4-6-12/h2-8,13H,9-10H2,1H3,(H,17,18)/t13-/m1/s1. The Balaban J connectivity index is 2.10. The molecule has 0 bridgehead atoms. The fourth-order valence-corrected chi connectivity index (χ4v) is 3.04. The van der Waals surface area contributed by atoms with E-state index in [4.69, 9.17) is 0 Å². The highest BCUT2D eigenvalue weighted by atomic mass is 32.1. The van der Waals surface area contributed by atoms with E-state index in [9.17, 15) is 9.28 Å². The molecule has 100 valence electrons. The molecule has 1 amide bonds. The van der Waals surface area contributed by atoms with Crippen molar-refractivity contribution in [3.05, 3.63) is 57.8 Å². The third kappa shape index (κ3) is 3.89. The summed E-state index contributed by atoms with van der Waals surface area (Å²) < 4.78 is 12.5. The Labute approximate surface area is 116 Å². The molecule has 0 aliphatic carbocycles. The highest BCUT2D eigenvalue weighted by Gasteiger charge is 2.20. The van der Waals surface area contributed by atoms with Crippen LogP contribution in [0, 0.1) is 12.8 Å². The Morgan fingerprint density at radius 3 is 2.53 bits per heavy atom. The van der Waals surface area contributed by atoms with Crippen molar-refractivity contribution in [2.24, 2.45) is 5.92 Å². The minimum atomic E-state index is -0.546. The molecule has 0 radical (unpaired) electrons. The van der Waals surface area contributed by atoms with Crippen molar-refractivity contribution in [2.75, 3.05) is 0 Å². The zero-order valence-electron chi connectivity index (χ0n) is 10.7. The van der Waals surface area contributed by atoms with Gasteiger partial charge in [0.25, 0.3) is 5.91 Å². The molecular weight excluding hydrogens is 261 g/mol. The van der Waals surface area contributed by atoms with E-state index in [-0.39, 0.29) is 5.92 Å². The summed E-state index contributed by atoms with van der Waals surface area (Å²) in [6.45, 7) is 2.02. The number of rotatable bonds is 5. The van der Waals surface area contributed by atoms with Crippen LogP contribution in [0.3, 0.4) is 0 Å². The van der Waals surface area contributed by atoms with Crippen molar-refractivity contribution >= 4 is 17.2 Å². The second kappa shape index (κ2) is 6.48. The van der Waals surface area contributed by atoms with Gasteiger partial charge in [0, 0.05) is 15.7 Å². The molecular formula is C15H16FNOS. The zero-order chi connectivity index (χ0) is 13.7. The van der Waals surface area contributed by atoms with Crippen molar-refractivity contribution in [1.82, 2.24) is 5.54 Å². The number of hydrogen-bond acceptors (Lipinski definition) is 2. The van der Waals surface area contributed by atoms with Crippen LogP contribution in [-0.2, 0) is 17.6 Å². The van der Waals surface area contributed by atoms with Gasteiger partial charge in [-0.2, -0.15) is 5.54 Å². The van der Waals surface area contributed by atoms with Crippen molar-refractivity contribution in [1.29, 1.82) is 0 Å². The van der Waals surface area contributed by atoms with Crippen LogP contribution in [0.15, 0.2) is 42.5 Å². The van der Waals surface area contributed by atoms with Crippen LogP contribution in [-0.4, -0.2) is 5.91 Å². The van der Waals surface area contributed by atoms with Crippen molar-refractivity contribution < 1.29 is 9.28 Å². The largest absolute Gasteiger partial charge is 0.272 e. The van der Waals surface area contributed by atoms with Gasteiger partial charge >= 0.3 is 0 Å². The minimum absolute atomic E-state index is 0.370. The highest BCUT2D eigenvalue weighted by molar-refractivity contribution is 7.11. The van der Waals surface area contributed by atoms with E-state index in [0.29, 0.717) is 12.8 Å². The van der Waals surface area contributed by atoms with Crippen molar-refractivity contribution in [3.63, 3.8) is 0 Å². The monoisotopic (exact) mass is 277 g/mol. The summed E-state index contributed by atoms with van der Waals surface area (Å²) >= 11 is 1.65. The number of thiophene rings is 1. The minimum Gasteiger partial charge on any atom is -0.272 e. The third-order valence-corrected chi connectivity index (χ3v) is 4.06. The molecule has 0 saturated heterocycles. The summed E-state index contributed by atoms with van der Waals surface area (Å²) in [5.74, 6) is -0.916. The SMILES string of the molecule is Cc1ccc(C[C@@H](Cc2ccccc2)C(=O)NF)s1. The van der Waals surface area contributed by atoms with Crippen LogP contribution in [0.4, 0.5) is 4.48 Å². The van der Waals surface area contributed by atoms with Gasteiger partial charge in [-0.05, 0) is 37.5 Å². The summed E-state index contributed by atoms with van der Waals surface area (Å²) in [5, 5.41) is 0. The van der Waals surface area contributed by atoms with Crippen LogP contribution < -0.4 is 5.54 Å². The third-order valence-electron chi connectivity index (χ3n) is 3.03. The maximum atomic E-state index is 12.5. The average molecular weight is 277 g/mol. The number of hydrogen-bond donors (Lipinski definition) is 1. The molecule has 0 unspecified atom stereocenters. The number of halogens is 1. The van der Waals surface area contributed by atoms with Gasteiger partial charge in [-0.3, -0.25) is 4.79 Å². The lowest BCUT2D eigenvalue weighted by Crippen LogP contribution is -2.27. The molecule has 1 aromatic carbocycles. The van der Waals surface area contributed by atoms with E-state index < -0.39 is 5.91 Å². The predicted octanol–water partition coefficient (Wildman–Crippen LogP) is 3.46. The van der Waals surface area contributed by atoms with Crippen molar-refractivity contribution in [2.45, 2.75) is 19.8 Å². The lowest BCUT2D eigenvalue weighted by molar-refractivity contribution is -0.129. The van der Waals surface area contributed by atoms with E-state index >= 15 is 0 Å². The second-order valence-electron chi connectivity index (χ2n) is 4.56. The number of aryl methyl sites for hydroxylation is 1. The lowest BCUT2D eigenvalue weighted by Gasteiger charge is -2.13. The number of amides is 1. The molecule has 19 heavy (non-hydrogen) atoms. The Morgan fingerprint density at radius 1 is 1.21 bits per heavy atom. The van der Waals surface area contributed by atoms with Gasteiger partial charge < -0.3 is 0 Å². The topological polar surface area (TPSA) is 29.1 Å². The van der Waals surface area contributed by atoms with Gasteiger partial charge in [0.15, 0.2) is 0 Å². The van der Waals surface area contributed by atoms with Gasteiger partial charge in [-0.15, -0.1) is 15.8 Å². The summed E-state index contributed by atoms with van der Waals surface area (Å²) in [4.78, 5) is 14.0. The van der Waals surface area contributed by atoms with E-state index in [1.54, 1.807) is 11.3 Å². The molecule has 0 aliphatic rings. The Bertz CT molecular complexity index is 538. The normalized spacial score (nSPS) is 12.1. The maximum absolute atomic E-state index is 12.5. The fraction of sp³-hybridized carbons (Fsp3) is 0.267. The predicted molar refractivity (Wildman–Crippen MR) is 75.6 cm³/mol. The zero-order valence-corrected chi connectivity index (χ0v) is 11.5. The molecule has 0 spiro atoms. The quantitative estimate of drug-likeness (QED) is 0.833. The van der Waals surface area contributed by atoms with Gasteiger partial charge in [0.1, 0.15) is 0 Å². The van der Waals surface area contributed by atoms with E-state index in [0.717, 1.165) is 10.4 Å². The van der Waals surface area contributed by atoms with E-state index in [2.05, 4.69) is 0 Å². The van der Waals surface area contributed by atoms with Crippen molar-refractivity contribution in [3.8, 4) is 0 Å². The Kier molecular flexibility index (Phi) is 4.68. The number of carbonyl (C=O) groups is 1. The molecule has 2 nitrogen and oxygen atoms in total. The maximum Gasteiger partial charge on any atom is 0.251 e. The number of benzene rings is 1. The first kappa shape index (κ1) is 13.7.